The molecule has 0 bridgehead atoms. The third kappa shape index (κ3) is 3.51. The van der Waals surface area contributed by atoms with E-state index in [0.29, 0.717) is 11.4 Å². The predicted molar refractivity (Wildman–Crippen MR) is 76.3 cm³/mol. The van der Waals surface area contributed by atoms with Gasteiger partial charge in [0.1, 0.15) is 6.26 Å². The molecule has 2 rings (SSSR count). The highest BCUT2D eigenvalue weighted by Crippen LogP contribution is 2.27. The molecule has 0 radical (unpaired) electrons. The van der Waals surface area contributed by atoms with Crippen LogP contribution >= 0.6 is 11.8 Å². The van der Waals surface area contributed by atoms with Crippen LogP contribution in [0.2, 0.25) is 0 Å². The summed E-state index contributed by atoms with van der Waals surface area (Å²) in [4.78, 5) is 12.9. The molecule has 0 saturated carbocycles. The van der Waals surface area contributed by atoms with Crippen LogP contribution < -0.4 is 11.1 Å². The van der Waals surface area contributed by atoms with Gasteiger partial charge in [0.25, 0.3) is 5.91 Å². The summed E-state index contributed by atoms with van der Waals surface area (Å²) >= 11 is 1.73. The van der Waals surface area contributed by atoms with Gasteiger partial charge in [-0.15, -0.1) is 11.8 Å². The highest BCUT2D eigenvalue weighted by atomic mass is 32.2. The summed E-state index contributed by atoms with van der Waals surface area (Å²) in [6.45, 7) is 2.12. The van der Waals surface area contributed by atoms with Crippen LogP contribution in [0.15, 0.2) is 39.9 Å². The van der Waals surface area contributed by atoms with Crippen molar-refractivity contribution >= 4 is 29.0 Å². The zero-order valence-electron chi connectivity index (χ0n) is 10.6. The van der Waals surface area contributed by atoms with Crippen molar-refractivity contribution in [2.24, 2.45) is 0 Å². The summed E-state index contributed by atoms with van der Waals surface area (Å²) in [5.74, 6) is 0.693. The number of thioether (sulfide) groups is 1. The van der Waals surface area contributed by atoms with Crippen LogP contribution in [0.1, 0.15) is 23.8 Å². The van der Waals surface area contributed by atoms with Crippen LogP contribution in [0.5, 0.6) is 0 Å². The van der Waals surface area contributed by atoms with E-state index in [0.717, 1.165) is 17.1 Å². The number of anilines is 2. The molecule has 0 atom stereocenters. The summed E-state index contributed by atoms with van der Waals surface area (Å²) < 4.78 is 4.63. The molecule has 5 nitrogen and oxygen atoms in total. The Bertz CT molecular complexity index is 555. The molecule has 0 unspecified atom stereocenters. The van der Waals surface area contributed by atoms with E-state index in [9.17, 15) is 4.79 Å². The van der Waals surface area contributed by atoms with Gasteiger partial charge in [-0.2, -0.15) is 0 Å². The molecule has 0 fully saturated rings. The molecule has 100 valence electrons. The molecule has 1 aromatic heterocycles. The van der Waals surface area contributed by atoms with Crippen molar-refractivity contribution in [2.45, 2.75) is 18.2 Å². The molecule has 0 aliphatic heterocycles. The van der Waals surface area contributed by atoms with Crippen molar-refractivity contribution in [1.82, 2.24) is 5.16 Å². The van der Waals surface area contributed by atoms with E-state index >= 15 is 0 Å². The number of aromatic nitrogens is 1. The first-order valence-electron chi connectivity index (χ1n) is 5.94. The summed E-state index contributed by atoms with van der Waals surface area (Å²) in [7, 11) is 0. The van der Waals surface area contributed by atoms with Gasteiger partial charge in [-0.25, -0.2) is 0 Å². The van der Waals surface area contributed by atoms with E-state index in [1.807, 2.05) is 12.1 Å². The molecular weight excluding hydrogens is 262 g/mol. The lowest BCUT2D eigenvalue weighted by atomic mass is 10.2. The maximum Gasteiger partial charge on any atom is 0.277 e. The largest absolute Gasteiger partial charge is 0.397 e. The van der Waals surface area contributed by atoms with Crippen molar-refractivity contribution in [3.8, 4) is 0 Å². The Labute approximate surface area is 115 Å². The predicted octanol–water partition coefficient (Wildman–Crippen LogP) is 3.01. The number of hydrogen-bond acceptors (Lipinski definition) is 5. The topological polar surface area (TPSA) is 81.1 Å². The SMILES string of the molecule is CCCSc1ccc(N)c(NC(=O)c2ccon2)c1. The fourth-order valence-corrected chi connectivity index (χ4v) is 2.27. The van der Waals surface area contributed by atoms with Crippen molar-refractivity contribution in [2.75, 3.05) is 16.8 Å². The highest BCUT2D eigenvalue weighted by Gasteiger charge is 2.11. The zero-order valence-corrected chi connectivity index (χ0v) is 11.4. The summed E-state index contributed by atoms with van der Waals surface area (Å²) in [5, 5.41) is 6.31. The Kier molecular flexibility index (Phi) is 4.46. The Balaban J connectivity index is 2.12. The van der Waals surface area contributed by atoms with Crippen molar-refractivity contribution in [3.05, 3.63) is 36.2 Å². The number of amides is 1. The average molecular weight is 277 g/mol. The van der Waals surface area contributed by atoms with Gasteiger partial charge < -0.3 is 15.6 Å². The zero-order chi connectivity index (χ0) is 13.7. The first kappa shape index (κ1) is 13.5. The second kappa shape index (κ2) is 6.29. The molecular formula is C13H15N3O2S. The van der Waals surface area contributed by atoms with Gasteiger partial charge >= 0.3 is 0 Å². The minimum Gasteiger partial charge on any atom is -0.397 e. The minimum absolute atomic E-state index is 0.228. The van der Waals surface area contributed by atoms with Crippen LogP contribution in [0.4, 0.5) is 11.4 Å². The maximum atomic E-state index is 11.9. The van der Waals surface area contributed by atoms with E-state index in [1.165, 1.54) is 12.3 Å². The molecule has 0 aliphatic carbocycles. The van der Waals surface area contributed by atoms with E-state index in [-0.39, 0.29) is 11.6 Å². The molecule has 0 aliphatic rings. The Morgan fingerprint density at radius 2 is 2.32 bits per heavy atom. The third-order valence-corrected chi connectivity index (χ3v) is 3.62. The number of nitrogens with zero attached hydrogens (tertiary/aromatic N) is 1. The van der Waals surface area contributed by atoms with Crippen LogP contribution in [0.3, 0.4) is 0 Å². The van der Waals surface area contributed by atoms with Crippen LogP contribution in [-0.2, 0) is 0 Å². The molecule has 6 heteroatoms. The van der Waals surface area contributed by atoms with Crippen molar-refractivity contribution in [3.63, 3.8) is 0 Å². The lowest BCUT2D eigenvalue weighted by Gasteiger charge is -2.09. The van der Waals surface area contributed by atoms with Crippen LogP contribution in [0, 0.1) is 0 Å². The fraction of sp³-hybridized carbons (Fsp3) is 0.231. The molecule has 2 aromatic rings. The van der Waals surface area contributed by atoms with E-state index in [1.54, 1.807) is 17.8 Å². The molecule has 3 N–H and O–H groups in total. The number of nitrogens with two attached hydrogens (primary N) is 1. The average Bonchev–Trinajstić information content (AvgIpc) is 2.93. The fourth-order valence-electron chi connectivity index (χ4n) is 1.47. The van der Waals surface area contributed by atoms with Gasteiger partial charge in [-0.1, -0.05) is 12.1 Å². The summed E-state index contributed by atoms with van der Waals surface area (Å²) in [6, 6.07) is 7.10. The molecule has 0 spiro atoms. The number of nitrogens with one attached hydrogen (secondary N) is 1. The van der Waals surface area contributed by atoms with Crippen LogP contribution in [0.25, 0.3) is 0 Å². The molecule has 19 heavy (non-hydrogen) atoms. The number of hydrogen-bond donors (Lipinski definition) is 2. The summed E-state index contributed by atoms with van der Waals surface area (Å²) in [5.41, 5.74) is 7.20. The van der Waals surface area contributed by atoms with Crippen molar-refractivity contribution < 1.29 is 9.32 Å². The highest BCUT2D eigenvalue weighted by molar-refractivity contribution is 7.99. The monoisotopic (exact) mass is 277 g/mol. The number of carbonyl (C=O) groups excluding carboxylic acids is 1. The Morgan fingerprint density at radius 1 is 1.47 bits per heavy atom. The second-order valence-electron chi connectivity index (χ2n) is 3.94. The molecule has 1 aromatic carbocycles. The second-order valence-corrected chi connectivity index (χ2v) is 5.10. The Morgan fingerprint density at radius 3 is 3.00 bits per heavy atom. The van der Waals surface area contributed by atoms with E-state index in [4.69, 9.17) is 5.73 Å². The standard InChI is InChI=1S/C13H15N3O2S/c1-2-7-19-9-3-4-10(14)12(8-9)15-13(17)11-5-6-18-16-11/h3-6,8H,2,7,14H2,1H3,(H,15,17). The number of benzene rings is 1. The minimum atomic E-state index is -0.335. The van der Waals surface area contributed by atoms with Gasteiger partial charge in [0.05, 0.1) is 11.4 Å². The van der Waals surface area contributed by atoms with Gasteiger partial charge in [0, 0.05) is 11.0 Å². The van der Waals surface area contributed by atoms with Crippen molar-refractivity contribution in [1.29, 1.82) is 0 Å². The van der Waals surface area contributed by atoms with E-state index < -0.39 is 0 Å². The van der Waals surface area contributed by atoms with Crippen LogP contribution in [-0.4, -0.2) is 16.8 Å². The number of rotatable bonds is 5. The third-order valence-electron chi connectivity index (χ3n) is 2.42. The number of nitrogen functional groups attached to an aromatic ring is 1. The summed E-state index contributed by atoms with van der Waals surface area (Å²) in [6.07, 6.45) is 2.45. The van der Waals surface area contributed by atoms with Gasteiger partial charge in [0.2, 0.25) is 0 Å². The lowest BCUT2D eigenvalue weighted by molar-refractivity contribution is 0.101. The first-order chi connectivity index (χ1) is 9.20. The molecule has 0 saturated heterocycles. The smallest absolute Gasteiger partial charge is 0.277 e. The Hall–Kier alpha value is -1.95. The molecule has 1 amide bonds. The lowest BCUT2D eigenvalue weighted by Crippen LogP contribution is -2.13. The quantitative estimate of drug-likeness (QED) is 0.648. The maximum absolute atomic E-state index is 11.9. The first-order valence-corrected chi connectivity index (χ1v) is 6.93. The number of carbonyl (C=O) groups is 1. The van der Waals surface area contributed by atoms with E-state index in [2.05, 4.69) is 21.9 Å². The molecule has 1 heterocycles. The van der Waals surface area contributed by atoms with Gasteiger partial charge in [0.15, 0.2) is 5.69 Å². The van der Waals surface area contributed by atoms with Gasteiger partial charge in [-0.3, -0.25) is 4.79 Å². The van der Waals surface area contributed by atoms with Gasteiger partial charge in [-0.05, 0) is 30.4 Å². The normalized spacial score (nSPS) is 10.4.